The van der Waals surface area contributed by atoms with Crippen molar-refractivity contribution in [1.82, 2.24) is 14.7 Å². The molecule has 0 aromatic carbocycles. The number of carboxylic acids is 3. The van der Waals surface area contributed by atoms with Gasteiger partial charge in [-0.1, -0.05) is 0 Å². The summed E-state index contributed by atoms with van der Waals surface area (Å²) < 4.78 is 36.7. The van der Waals surface area contributed by atoms with Crippen LogP contribution in [0.4, 0.5) is 0 Å². The fourth-order valence-electron chi connectivity index (χ4n) is 3.89. The number of nitrogens with zero attached hydrogens (tertiary/aromatic N) is 3. The zero-order chi connectivity index (χ0) is 27.5. The molecule has 0 radical (unpaired) electrons. The van der Waals surface area contributed by atoms with Gasteiger partial charge in [0, 0.05) is 58.3 Å². The van der Waals surface area contributed by atoms with Gasteiger partial charge < -0.3 is 20.2 Å². The van der Waals surface area contributed by atoms with E-state index in [4.69, 9.17) is 15.3 Å². The van der Waals surface area contributed by atoms with Gasteiger partial charge >= 0.3 is 34.0 Å². The van der Waals surface area contributed by atoms with Crippen LogP contribution in [0.3, 0.4) is 0 Å². The molecule has 1 heterocycles. The Morgan fingerprint density at radius 2 is 1.08 bits per heavy atom. The summed E-state index contributed by atoms with van der Waals surface area (Å²) >= 11 is 0. The van der Waals surface area contributed by atoms with Crippen molar-refractivity contribution in [2.24, 2.45) is 0 Å². The monoisotopic (exact) mass is 577 g/mol. The highest BCUT2D eigenvalue weighted by Gasteiger charge is 2.40. The molecule has 1 rings (SSSR count). The summed E-state index contributed by atoms with van der Waals surface area (Å²) in [7, 11) is -9.57. The fourth-order valence-corrected chi connectivity index (χ4v) is 7.20. The van der Waals surface area contributed by atoms with Crippen LogP contribution in [0, 0.1) is 0 Å². The number of carboxylic acid groups (broad SMARTS) is 3. The molecular formula is C18H34N3O12P3+2. The quantitative estimate of drug-likeness (QED) is 0.145. The molecule has 206 valence electrons. The van der Waals surface area contributed by atoms with Crippen molar-refractivity contribution in [3.05, 3.63) is 0 Å². The first-order valence-corrected chi connectivity index (χ1v) is 15.8. The average Bonchev–Trinajstić information content (AvgIpc) is 2.83. The molecule has 0 bridgehead atoms. The molecule has 1 fully saturated rings. The van der Waals surface area contributed by atoms with Gasteiger partial charge in [0.05, 0.1) is 25.5 Å². The molecule has 0 aromatic heterocycles. The Bertz CT molecular complexity index is 812. The zero-order valence-electron chi connectivity index (χ0n) is 19.7. The van der Waals surface area contributed by atoms with E-state index >= 15 is 0 Å². The van der Waals surface area contributed by atoms with E-state index in [0.29, 0.717) is 0 Å². The van der Waals surface area contributed by atoms with Gasteiger partial charge in [0.1, 0.15) is 0 Å². The first kappa shape index (κ1) is 32.6. The minimum atomic E-state index is -3.90. The smallest absolute Gasteiger partial charge is 0.481 e. The molecule has 18 heteroatoms. The third kappa shape index (κ3) is 12.7. The van der Waals surface area contributed by atoms with Gasteiger partial charge in [0.15, 0.2) is 0 Å². The second-order valence-corrected chi connectivity index (χ2v) is 13.3. The third-order valence-corrected chi connectivity index (χ3v) is 9.72. The van der Waals surface area contributed by atoms with Gasteiger partial charge in [-0.25, -0.2) is 0 Å². The van der Waals surface area contributed by atoms with Gasteiger partial charge in [-0.15, -0.1) is 0 Å². The highest BCUT2D eigenvalue weighted by atomic mass is 31.2. The van der Waals surface area contributed by atoms with E-state index in [1.165, 1.54) is 0 Å². The van der Waals surface area contributed by atoms with E-state index in [1.54, 1.807) is 14.7 Å². The van der Waals surface area contributed by atoms with Crippen LogP contribution < -0.4 is 0 Å². The molecule has 0 aromatic rings. The van der Waals surface area contributed by atoms with Crippen LogP contribution in [0.25, 0.3) is 0 Å². The molecular weight excluding hydrogens is 543 g/mol. The Morgan fingerprint density at radius 1 is 0.722 bits per heavy atom. The van der Waals surface area contributed by atoms with Crippen LogP contribution in [0.5, 0.6) is 0 Å². The van der Waals surface area contributed by atoms with Crippen LogP contribution in [-0.2, 0) is 28.1 Å². The van der Waals surface area contributed by atoms with E-state index in [2.05, 4.69) is 0 Å². The molecule has 0 spiro atoms. The molecule has 0 amide bonds. The predicted molar refractivity (Wildman–Crippen MR) is 127 cm³/mol. The van der Waals surface area contributed by atoms with Gasteiger partial charge in [-0.05, 0) is 9.13 Å². The van der Waals surface area contributed by atoms with Crippen molar-refractivity contribution in [2.75, 3.05) is 51.7 Å². The summed E-state index contributed by atoms with van der Waals surface area (Å²) in [5.74, 6) is -5.64. The van der Waals surface area contributed by atoms with E-state index in [1.807, 2.05) is 0 Å². The highest BCUT2D eigenvalue weighted by Crippen LogP contribution is 2.42. The maximum Gasteiger partial charge on any atom is 0.524 e. The van der Waals surface area contributed by atoms with E-state index in [0.717, 1.165) is 0 Å². The maximum absolute atomic E-state index is 12.6. The SMILES string of the molecule is O=C(O)CCC(N1CCN(CP(=O)(O)CCC(=O)O)CCN(C(CCC(=O)O)[P+](=O)O)CC1)[P+](=O)O. The normalized spacial score (nSPS) is 20.8. The molecule has 0 aliphatic carbocycles. The van der Waals surface area contributed by atoms with Crippen molar-refractivity contribution < 1.29 is 58.1 Å². The summed E-state index contributed by atoms with van der Waals surface area (Å²) in [6.07, 6.45) is -2.38. The maximum atomic E-state index is 12.6. The summed E-state index contributed by atoms with van der Waals surface area (Å²) in [4.78, 5) is 67.5. The van der Waals surface area contributed by atoms with Gasteiger partial charge in [0.25, 0.3) is 0 Å². The van der Waals surface area contributed by atoms with Gasteiger partial charge in [-0.3, -0.25) is 33.6 Å². The largest absolute Gasteiger partial charge is 0.524 e. The van der Waals surface area contributed by atoms with E-state index in [9.17, 15) is 42.8 Å². The van der Waals surface area contributed by atoms with Crippen molar-refractivity contribution in [1.29, 1.82) is 0 Å². The second kappa shape index (κ2) is 15.8. The van der Waals surface area contributed by atoms with Crippen LogP contribution in [-0.4, -0.2) is 126 Å². The van der Waals surface area contributed by atoms with Crippen molar-refractivity contribution in [3.8, 4) is 0 Å². The second-order valence-electron chi connectivity index (χ2n) is 8.48. The number of hydrogen-bond donors (Lipinski definition) is 6. The van der Waals surface area contributed by atoms with Crippen molar-refractivity contribution in [2.45, 2.75) is 43.7 Å². The average molecular weight is 577 g/mol. The van der Waals surface area contributed by atoms with Crippen LogP contribution in [0.2, 0.25) is 0 Å². The molecule has 5 atom stereocenters. The highest BCUT2D eigenvalue weighted by molar-refractivity contribution is 7.57. The zero-order valence-corrected chi connectivity index (χ0v) is 22.3. The third-order valence-electron chi connectivity index (χ3n) is 5.76. The molecule has 0 saturated carbocycles. The number of carbonyl (C=O) groups is 3. The van der Waals surface area contributed by atoms with Crippen molar-refractivity contribution >= 4 is 41.3 Å². The molecule has 36 heavy (non-hydrogen) atoms. The molecule has 1 aliphatic heterocycles. The Balaban J connectivity index is 3.19. The Kier molecular flexibility index (Phi) is 14.3. The first-order chi connectivity index (χ1) is 16.7. The lowest BCUT2D eigenvalue weighted by Crippen LogP contribution is -2.43. The van der Waals surface area contributed by atoms with E-state index in [-0.39, 0.29) is 71.2 Å². The van der Waals surface area contributed by atoms with Crippen molar-refractivity contribution in [3.63, 3.8) is 0 Å². The first-order valence-electron chi connectivity index (χ1n) is 11.2. The minimum Gasteiger partial charge on any atom is -0.481 e. The van der Waals surface area contributed by atoms with Gasteiger partial charge in [0.2, 0.25) is 18.9 Å². The number of rotatable bonds is 15. The lowest BCUT2D eigenvalue weighted by atomic mass is 10.2. The molecule has 1 saturated heterocycles. The lowest BCUT2D eigenvalue weighted by Gasteiger charge is -2.27. The van der Waals surface area contributed by atoms with Gasteiger partial charge in [-0.2, -0.15) is 9.79 Å². The fraction of sp³-hybridized carbons (Fsp3) is 0.833. The predicted octanol–water partition coefficient (Wildman–Crippen LogP) is 0.460. The Labute approximate surface area is 209 Å². The van der Waals surface area contributed by atoms with E-state index < -0.39 is 65.5 Å². The lowest BCUT2D eigenvalue weighted by molar-refractivity contribution is -0.138. The number of aliphatic carboxylic acids is 3. The molecule has 5 unspecified atom stereocenters. The minimum absolute atomic E-state index is 0.0995. The van der Waals surface area contributed by atoms with Crippen LogP contribution in [0.15, 0.2) is 0 Å². The summed E-state index contributed by atoms with van der Waals surface area (Å²) in [5, 5.41) is 26.8. The summed E-state index contributed by atoms with van der Waals surface area (Å²) in [6.45, 7) is 0.685. The summed E-state index contributed by atoms with van der Waals surface area (Å²) in [5.41, 5.74) is 0. The van der Waals surface area contributed by atoms with Crippen LogP contribution >= 0.6 is 23.4 Å². The Hall–Kier alpha value is -1.40. The van der Waals surface area contributed by atoms with Crippen LogP contribution in [0.1, 0.15) is 32.1 Å². The topological polar surface area (TPSA) is 234 Å². The summed E-state index contributed by atoms with van der Waals surface area (Å²) in [6, 6.07) is 0. The standard InChI is InChI=1S/C18H32N3O12P3/c22-16(23)3-1-14(34(28)29)20-8-6-19(13-36(32,33)12-5-18(26)27)7-9-21(11-10-20)15(35(30)31)2-4-17(24)25/h14-15H,1-13H2,(H4-2,22,23,24,25,26,27,28,29,30,31,32,33)/p+2. The molecule has 15 nitrogen and oxygen atoms in total. The number of hydrogen-bond acceptors (Lipinski definition) is 9. The Morgan fingerprint density at radius 3 is 1.42 bits per heavy atom. The molecule has 6 N–H and O–H groups in total. The molecule has 1 aliphatic rings.